The molecule has 0 heterocycles. The molecule has 0 fully saturated rings. The molecule has 0 aliphatic rings. The molecule has 0 saturated carbocycles. The van der Waals surface area contributed by atoms with E-state index in [0.29, 0.717) is 12.0 Å². The van der Waals surface area contributed by atoms with Gasteiger partial charge in [-0.25, -0.2) is 0 Å². The second kappa shape index (κ2) is 3.64. The first-order chi connectivity index (χ1) is 4.45. The summed E-state index contributed by atoms with van der Waals surface area (Å²) < 4.78 is 34.8. The number of hydrogen-bond acceptors (Lipinski definition) is 0. The van der Waals surface area contributed by atoms with Gasteiger partial charge in [0.15, 0.2) is 0 Å². The van der Waals surface area contributed by atoms with Crippen molar-refractivity contribution < 1.29 is 13.2 Å². The largest absolute Gasteiger partial charge is 0.392 e. The smallest absolute Gasteiger partial charge is 0.171 e. The predicted molar refractivity (Wildman–Crippen MR) is 34.7 cm³/mol. The highest BCUT2D eigenvalue weighted by Gasteiger charge is 2.26. The molecule has 3 heteroatoms. The van der Waals surface area contributed by atoms with E-state index >= 15 is 0 Å². The molecule has 10 heavy (non-hydrogen) atoms. The van der Waals surface area contributed by atoms with Gasteiger partial charge in [0.05, 0.1) is 6.42 Å². The quantitative estimate of drug-likeness (QED) is 0.532. The van der Waals surface area contributed by atoms with Crippen LogP contribution >= 0.6 is 0 Å². The van der Waals surface area contributed by atoms with Crippen LogP contribution < -0.4 is 0 Å². The first-order valence-electron chi connectivity index (χ1n) is 3.18. The summed E-state index contributed by atoms with van der Waals surface area (Å²) in [7, 11) is 0. The Kier molecular flexibility index (Phi) is 3.47. The highest BCUT2D eigenvalue weighted by Crippen LogP contribution is 2.23. The molecule has 0 unspecified atom stereocenters. The third-order valence-corrected chi connectivity index (χ3v) is 1.03. The maximum atomic E-state index is 11.6. The molecule has 0 N–H and O–H groups in total. The van der Waals surface area contributed by atoms with Gasteiger partial charge in [-0.3, -0.25) is 0 Å². The normalized spacial score (nSPS) is 13.9. The van der Waals surface area contributed by atoms with Crippen molar-refractivity contribution in [2.75, 3.05) is 0 Å². The van der Waals surface area contributed by atoms with E-state index in [1.54, 1.807) is 6.08 Å². The van der Waals surface area contributed by atoms with E-state index in [-0.39, 0.29) is 0 Å². The van der Waals surface area contributed by atoms with Crippen LogP contribution in [0, 0.1) is 0 Å². The van der Waals surface area contributed by atoms with Crippen LogP contribution in [0.15, 0.2) is 11.6 Å². The Morgan fingerprint density at radius 2 is 1.90 bits per heavy atom. The van der Waals surface area contributed by atoms with Gasteiger partial charge in [-0.1, -0.05) is 18.6 Å². The topological polar surface area (TPSA) is 0 Å². The van der Waals surface area contributed by atoms with Crippen LogP contribution in [0.1, 0.15) is 26.7 Å². The van der Waals surface area contributed by atoms with Crippen molar-refractivity contribution in [2.24, 2.45) is 0 Å². The molecule has 0 aliphatic heterocycles. The minimum absolute atomic E-state index is 0.398. The molecule has 0 atom stereocenters. The highest BCUT2D eigenvalue weighted by atomic mass is 19.4. The monoisotopic (exact) mass is 152 g/mol. The third kappa shape index (κ3) is 5.66. The van der Waals surface area contributed by atoms with Crippen LogP contribution in [0.3, 0.4) is 0 Å². The van der Waals surface area contributed by atoms with Crippen molar-refractivity contribution in [1.82, 2.24) is 0 Å². The average Bonchev–Trinajstić information content (AvgIpc) is 1.59. The molecular formula is C7H11F3. The maximum Gasteiger partial charge on any atom is 0.392 e. The summed E-state index contributed by atoms with van der Waals surface area (Å²) in [6, 6.07) is 0. The van der Waals surface area contributed by atoms with E-state index in [1.165, 1.54) is 6.92 Å². The Hall–Kier alpha value is -0.470. The van der Waals surface area contributed by atoms with Crippen molar-refractivity contribution in [3.05, 3.63) is 11.6 Å². The zero-order valence-electron chi connectivity index (χ0n) is 6.13. The van der Waals surface area contributed by atoms with Crippen LogP contribution in [-0.4, -0.2) is 6.18 Å². The Morgan fingerprint density at radius 1 is 1.40 bits per heavy atom. The molecule has 0 amide bonds. The second-order valence-corrected chi connectivity index (χ2v) is 2.25. The molecule has 0 bridgehead atoms. The number of allylic oxidation sites excluding steroid dienone is 2. The molecule has 0 radical (unpaired) electrons. The van der Waals surface area contributed by atoms with Gasteiger partial charge < -0.3 is 0 Å². The predicted octanol–water partition coefficient (Wildman–Crippen LogP) is 3.30. The summed E-state index contributed by atoms with van der Waals surface area (Å²) in [5.41, 5.74) is 0.398. The number of rotatable bonds is 2. The van der Waals surface area contributed by atoms with Crippen molar-refractivity contribution in [3.8, 4) is 0 Å². The van der Waals surface area contributed by atoms with Gasteiger partial charge in [-0.15, -0.1) is 0 Å². The second-order valence-electron chi connectivity index (χ2n) is 2.25. The molecule has 0 spiro atoms. The lowest BCUT2D eigenvalue weighted by Gasteiger charge is -2.04. The van der Waals surface area contributed by atoms with Gasteiger partial charge in [-0.2, -0.15) is 13.2 Å². The Bertz CT molecular complexity index is 121. The van der Waals surface area contributed by atoms with Gasteiger partial charge in [0.2, 0.25) is 0 Å². The summed E-state index contributed by atoms with van der Waals surface area (Å²) in [6.45, 7) is 3.32. The van der Waals surface area contributed by atoms with Crippen LogP contribution in [0.25, 0.3) is 0 Å². The fourth-order valence-corrected chi connectivity index (χ4v) is 0.737. The minimum atomic E-state index is -4.05. The van der Waals surface area contributed by atoms with Gasteiger partial charge in [0.25, 0.3) is 0 Å². The zero-order valence-corrected chi connectivity index (χ0v) is 6.13. The lowest BCUT2D eigenvalue weighted by atomic mass is 10.2. The molecule has 0 aromatic carbocycles. The fraction of sp³-hybridized carbons (Fsp3) is 0.714. The standard InChI is InChI=1S/C7H11F3/c1-3-4-6(2)5-7(8,9)10/h4H,3,5H2,1-2H3/b6-4+. The van der Waals surface area contributed by atoms with Crippen molar-refractivity contribution in [2.45, 2.75) is 32.9 Å². The number of halogens is 3. The summed E-state index contributed by atoms with van der Waals surface area (Å²) in [5, 5.41) is 0. The molecule has 0 aromatic rings. The molecule has 0 saturated heterocycles. The van der Waals surface area contributed by atoms with Gasteiger partial charge in [0, 0.05) is 0 Å². The van der Waals surface area contributed by atoms with Crippen LogP contribution in [0.5, 0.6) is 0 Å². The van der Waals surface area contributed by atoms with E-state index < -0.39 is 12.6 Å². The maximum absolute atomic E-state index is 11.6. The Morgan fingerprint density at radius 3 is 2.20 bits per heavy atom. The first kappa shape index (κ1) is 9.53. The molecule has 0 aliphatic carbocycles. The number of hydrogen-bond donors (Lipinski definition) is 0. The van der Waals surface area contributed by atoms with E-state index in [4.69, 9.17) is 0 Å². The van der Waals surface area contributed by atoms with Crippen molar-refractivity contribution in [1.29, 1.82) is 0 Å². The summed E-state index contributed by atoms with van der Waals surface area (Å²) in [6.07, 6.45) is -2.56. The third-order valence-electron chi connectivity index (χ3n) is 1.03. The summed E-state index contributed by atoms with van der Waals surface area (Å²) >= 11 is 0. The number of alkyl halides is 3. The Labute approximate surface area is 58.7 Å². The van der Waals surface area contributed by atoms with Crippen molar-refractivity contribution >= 4 is 0 Å². The SMILES string of the molecule is CC/C=C(\C)CC(F)(F)F. The lowest BCUT2D eigenvalue weighted by molar-refractivity contribution is -0.127. The molecular weight excluding hydrogens is 141 g/mol. The van der Waals surface area contributed by atoms with Gasteiger partial charge in [0.1, 0.15) is 0 Å². The fourth-order valence-electron chi connectivity index (χ4n) is 0.737. The van der Waals surface area contributed by atoms with E-state index in [1.807, 2.05) is 6.92 Å². The van der Waals surface area contributed by atoms with Crippen molar-refractivity contribution in [3.63, 3.8) is 0 Å². The lowest BCUT2D eigenvalue weighted by Crippen LogP contribution is -2.06. The van der Waals surface area contributed by atoms with Gasteiger partial charge >= 0.3 is 6.18 Å². The summed E-state index contributed by atoms with van der Waals surface area (Å²) in [5.74, 6) is 0. The van der Waals surface area contributed by atoms with E-state index in [2.05, 4.69) is 0 Å². The van der Waals surface area contributed by atoms with Crippen LogP contribution in [-0.2, 0) is 0 Å². The minimum Gasteiger partial charge on any atom is -0.171 e. The first-order valence-corrected chi connectivity index (χ1v) is 3.18. The summed E-state index contributed by atoms with van der Waals surface area (Å²) in [4.78, 5) is 0. The van der Waals surface area contributed by atoms with Crippen LogP contribution in [0.4, 0.5) is 13.2 Å². The van der Waals surface area contributed by atoms with E-state index in [9.17, 15) is 13.2 Å². The zero-order chi connectivity index (χ0) is 8.20. The average molecular weight is 152 g/mol. The van der Waals surface area contributed by atoms with Crippen LogP contribution in [0.2, 0.25) is 0 Å². The Balaban J connectivity index is 3.79. The molecule has 0 rings (SSSR count). The van der Waals surface area contributed by atoms with Gasteiger partial charge in [-0.05, 0) is 13.3 Å². The molecule has 0 aromatic heterocycles. The molecule has 0 nitrogen and oxygen atoms in total. The molecule has 60 valence electrons. The highest BCUT2D eigenvalue weighted by molar-refractivity contribution is 4.98. The van der Waals surface area contributed by atoms with E-state index in [0.717, 1.165) is 0 Å².